The van der Waals surface area contributed by atoms with Crippen LogP contribution in [-0.4, -0.2) is 23.9 Å². The van der Waals surface area contributed by atoms with Gasteiger partial charge < -0.3 is 4.90 Å². The Morgan fingerprint density at radius 3 is 2.18 bits per heavy atom. The minimum absolute atomic E-state index is 0.0367. The minimum atomic E-state index is -0.394. The third kappa shape index (κ3) is 4.70. The number of hydrogen-bond acceptors (Lipinski definition) is 3. The van der Waals surface area contributed by atoms with E-state index in [1.165, 1.54) is 16.0 Å². The molecule has 0 bridgehead atoms. The van der Waals surface area contributed by atoms with Crippen molar-refractivity contribution in [2.24, 2.45) is 0 Å². The second-order valence-corrected chi connectivity index (χ2v) is 7.86. The van der Waals surface area contributed by atoms with E-state index in [-0.39, 0.29) is 11.9 Å². The summed E-state index contributed by atoms with van der Waals surface area (Å²) < 4.78 is 0. The third-order valence-electron chi connectivity index (χ3n) is 5.03. The van der Waals surface area contributed by atoms with E-state index in [9.17, 15) is 4.79 Å². The highest BCUT2D eigenvalue weighted by Crippen LogP contribution is 2.30. The highest BCUT2D eigenvalue weighted by molar-refractivity contribution is 7.10. The first-order valence-corrected chi connectivity index (χ1v) is 10.7. The first kappa shape index (κ1) is 20.3. The van der Waals surface area contributed by atoms with Crippen molar-refractivity contribution in [3.8, 4) is 0 Å². The Kier molecular flexibility index (Phi) is 7.01. The van der Waals surface area contributed by atoms with Gasteiger partial charge in [-0.15, -0.1) is 11.3 Å². The van der Waals surface area contributed by atoms with Crippen LogP contribution in [0, 0.1) is 6.92 Å². The summed E-state index contributed by atoms with van der Waals surface area (Å²) in [7, 11) is 0. The van der Waals surface area contributed by atoms with Gasteiger partial charge >= 0.3 is 0 Å². The number of nitrogens with one attached hydrogen (secondary N) is 1. The smallest absolute Gasteiger partial charge is 0.244 e. The number of carbonyl (C=O) groups is 1. The van der Waals surface area contributed by atoms with Crippen LogP contribution in [0.25, 0.3) is 0 Å². The Morgan fingerprint density at radius 1 is 0.929 bits per heavy atom. The number of nitrogens with zero attached hydrogens (tertiary/aromatic N) is 1. The van der Waals surface area contributed by atoms with Gasteiger partial charge in [0.15, 0.2) is 0 Å². The normalized spacial score (nSPS) is 13.1. The summed E-state index contributed by atoms with van der Waals surface area (Å²) in [5.41, 5.74) is 3.39. The quantitative estimate of drug-likeness (QED) is 0.561. The lowest BCUT2D eigenvalue weighted by Crippen LogP contribution is -2.42. The molecular formula is C24H28N2OS. The predicted molar refractivity (Wildman–Crippen MR) is 118 cm³/mol. The molecule has 0 spiro atoms. The van der Waals surface area contributed by atoms with Gasteiger partial charge in [-0.05, 0) is 43.3 Å². The zero-order chi connectivity index (χ0) is 19.9. The summed E-state index contributed by atoms with van der Waals surface area (Å²) in [6, 6.07) is 22.3. The minimum Gasteiger partial charge on any atom is -0.342 e. The number of aryl methyl sites for hydroxylation is 1. The van der Waals surface area contributed by atoms with Crippen LogP contribution < -0.4 is 5.32 Å². The maximum absolute atomic E-state index is 13.4. The molecule has 3 nitrogen and oxygen atoms in total. The standard InChI is InChI=1S/C24H28N2OS/c1-4-26(5-2)24(27)23(19-10-7-6-8-11-19)25-22(21-12-9-17-28-21)20-15-13-18(3)14-16-20/h6-17,22-23,25H,4-5H2,1-3H3/t22-,23-/m0/s1. The lowest BCUT2D eigenvalue weighted by Gasteiger charge is -2.30. The summed E-state index contributed by atoms with van der Waals surface area (Å²) in [6.45, 7) is 7.55. The highest BCUT2D eigenvalue weighted by Gasteiger charge is 2.28. The molecular weight excluding hydrogens is 364 g/mol. The van der Waals surface area contributed by atoms with Crippen LogP contribution >= 0.6 is 11.3 Å². The van der Waals surface area contributed by atoms with Crippen LogP contribution in [-0.2, 0) is 4.79 Å². The van der Waals surface area contributed by atoms with Crippen LogP contribution in [0.15, 0.2) is 72.1 Å². The number of carbonyl (C=O) groups excluding carboxylic acids is 1. The fourth-order valence-electron chi connectivity index (χ4n) is 3.40. The van der Waals surface area contributed by atoms with Crippen LogP contribution in [0.3, 0.4) is 0 Å². The van der Waals surface area contributed by atoms with Gasteiger partial charge in [0.1, 0.15) is 6.04 Å². The molecule has 1 heterocycles. The van der Waals surface area contributed by atoms with Crippen molar-refractivity contribution in [1.82, 2.24) is 10.2 Å². The molecule has 0 aliphatic carbocycles. The molecule has 0 aliphatic rings. The van der Waals surface area contributed by atoms with Crippen molar-refractivity contribution in [2.75, 3.05) is 13.1 Å². The van der Waals surface area contributed by atoms with E-state index in [0.717, 1.165) is 5.56 Å². The van der Waals surface area contributed by atoms with Crippen molar-refractivity contribution in [2.45, 2.75) is 32.9 Å². The van der Waals surface area contributed by atoms with Crippen LogP contribution in [0.5, 0.6) is 0 Å². The summed E-state index contributed by atoms with van der Waals surface area (Å²) in [5.74, 6) is 0.116. The van der Waals surface area contributed by atoms with Gasteiger partial charge in [0.2, 0.25) is 5.91 Å². The molecule has 3 aromatic rings. The lowest BCUT2D eigenvalue weighted by atomic mass is 9.99. The summed E-state index contributed by atoms with van der Waals surface area (Å²) in [5, 5.41) is 5.76. The average molecular weight is 393 g/mol. The molecule has 0 unspecified atom stereocenters. The summed E-state index contributed by atoms with van der Waals surface area (Å²) >= 11 is 1.71. The van der Waals surface area contributed by atoms with Gasteiger partial charge in [0.25, 0.3) is 0 Å². The molecule has 0 aliphatic heterocycles. The number of hydrogen-bond donors (Lipinski definition) is 1. The Morgan fingerprint density at radius 2 is 1.61 bits per heavy atom. The molecule has 1 amide bonds. The van der Waals surface area contributed by atoms with E-state index in [0.29, 0.717) is 13.1 Å². The van der Waals surface area contributed by atoms with Gasteiger partial charge in [0.05, 0.1) is 6.04 Å². The number of benzene rings is 2. The fraction of sp³-hybridized carbons (Fsp3) is 0.292. The van der Waals surface area contributed by atoms with Gasteiger partial charge in [0, 0.05) is 18.0 Å². The van der Waals surface area contributed by atoms with Gasteiger partial charge in [-0.2, -0.15) is 0 Å². The molecule has 1 aromatic heterocycles. The fourth-order valence-corrected chi connectivity index (χ4v) is 4.21. The Balaban J connectivity index is 2.00. The van der Waals surface area contributed by atoms with E-state index in [1.54, 1.807) is 11.3 Å². The molecule has 0 radical (unpaired) electrons. The molecule has 0 fully saturated rings. The zero-order valence-electron chi connectivity index (χ0n) is 16.8. The van der Waals surface area contributed by atoms with Crippen molar-refractivity contribution in [1.29, 1.82) is 0 Å². The molecule has 2 aromatic carbocycles. The number of likely N-dealkylation sites (N-methyl/N-ethyl adjacent to an activating group) is 1. The van der Waals surface area contributed by atoms with Crippen molar-refractivity contribution in [3.63, 3.8) is 0 Å². The number of rotatable bonds is 8. The maximum atomic E-state index is 13.4. The van der Waals surface area contributed by atoms with Gasteiger partial charge in [-0.25, -0.2) is 0 Å². The Bertz CT molecular complexity index is 855. The maximum Gasteiger partial charge on any atom is 0.244 e. The van der Waals surface area contributed by atoms with Gasteiger partial charge in [-0.3, -0.25) is 10.1 Å². The molecule has 0 saturated heterocycles. The predicted octanol–water partition coefficient (Wildman–Crippen LogP) is 5.35. The SMILES string of the molecule is CCN(CC)C(=O)[C@@H](N[C@@H](c1ccc(C)cc1)c1cccs1)c1ccccc1. The van der Waals surface area contributed by atoms with E-state index in [4.69, 9.17) is 0 Å². The number of thiophene rings is 1. The molecule has 146 valence electrons. The average Bonchev–Trinajstić information content (AvgIpc) is 3.26. The monoisotopic (exact) mass is 392 g/mol. The molecule has 1 N–H and O–H groups in total. The second kappa shape index (κ2) is 9.67. The second-order valence-electron chi connectivity index (χ2n) is 6.88. The molecule has 28 heavy (non-hydrogen) atoms. The third-order valence-corrected chi connectivity index (χ3v) is 5.96. The first-order valence-electron chi connectivity index (χ1n) is 9.83. The number of amides is 1. The van der Waals surface area contributed by atoms with E-state index < -0.39 is 6.04 Å². The largest absolute Gasteiger partial charge is 0.342 e. The highest BCUT2D eigenvalue weighted by atomic mass is 32.1. The molecule has 2 atom stereocenters. The van der Waals surface area contributed by atoms with Crippen molar-refractivity contribution in [3.05, 3.63) is 93.7 Å². The molecule has 0 saturated carbocycles. The van der Waals surface area contributed by atoms with Crippen LogP contribution in [0.1, 0.15) is 47.5 Å². The van der Waals surface area contributed by atoms with Crippen molar-refractivity contribution < 1.29 is 4.79 Å². The molecule has 3 rings (SSSR count). The molecule has 4 heteroatoms. The van der Waals surface area contributed by atoms with E-state index >= 15 is 0 Å². The van der Waals surface area contributed by atoms with Crippen LogP contribution in [0.4, 0.5) is 0 Å². The topological polar surface area (TPSA) is 32.3 Å². The summed E-state index contributed by atoms with van der Waals surface area (Å²) in [4.78, 5) is 16.5. The Hall–Kier alpha value is -2.43. The van der Waals surface area contributed by atoms with Crippen LogP contribution in [0.2, 0.25) is 0 Å². The summed E-state index contributed by atoms with van der Waals surface area (Å²) in [6.07, 6.45) is 0. The lowest BCUT2D eigenvalue weighted by molar-refractivity contribution is -0.133. The first-order chi connectivity index (χ1) is 13.6. The van der Waals surface area contributed by atoms with E-state index in [1.807, 2.05) is 49.1 Å². The van der Waals surface area contributed by atoms with Gasteiger partial charge in [-0.1, -0.05) is 66.2 Å². The van der Waals surface area contributed by atoms with Crippen molar-refractivity contribution >= 4 is 17.2 Å². The Labute approximate surface area is 172 Å². The van der Waals surface area contributed by atoms with E-state index in [2.05, 4.69) is 54.0 Å². The zero-order valence-corrected chi connectivity index (χ0v) is 17.6.